The molecule has 0 aliphatic heterocycles. The normalized spacial score (nSPS) is 23.3. The molecule has 0 aromatic carbocycles. The Balaban J connectivity index is 1.96. The van der Waals surface area contributed by atoms with Crippen LogP contribution < -0.4 is 0 Å². The molecule has 0 unspecified atom stereocenters. The molecule has 122 valence electrons. The largest absolute Gasteiger partial charge is 0.0917 e. The lowest BCUT2D eigenvalue weighted by Crippen LogP contribution is -2.14. The maximum Gasteiger partial charge on any atom is -0.0348 e. The minimum Gasteiger partial charge on any atom is -0.0917 e. The van der Waals surface area contributed by atoms with Gasteiger partial charge in [0.25, 0.3) is 0 Å². The highest BCUT2D eigenvalue weighted by molar-refractivity contribution is 4.84. The van der Waals surface area contributed by atoms with Crippen molar-refractivity contribution in [1.82, 2.24) is 0 Å². The van der Waals surface area contributed by atoms with Crippen molar-refractivity contribution >= 4 is 0 Å². The van der Waals surface area contributed by atoms with Gasteiger partial charge in [-0.1, -0.05) is 76.2 Å². The summed E-state index contributed by atoms with van der Waals surface area (Å²) in [6, 6.07) is 0. The van der Waals surface area contributed by atoms with E-state index in [1.165, 1.54) is 83.5 Å². The van der Waals surface area contributed by atoms with Crippen molar-refractivity contribution in [3.8, 4) is 0 Å². The molecule has 1 fully saturated rings. The lowest BCUT2D eigenvalue weighted by atomic mass is 9.78. The molecule has 0 radical (unpaired) electrons. The Morgan fingerprint density at radius 2 is 1.29 bits per heavy atom. The summed E-state index contributed by atoms with van der Waals surface area (Å²) in [6.45, 7) is 4.42. The molecule has 0 atom stereocenters. The summed E-state index contributed by atoms with van der Waals surface area (Å²) in [7, 11) is 0. The van der Waals surface area contributed by atoms with E-state index in [9.17, 15) is 0 Å². The fourth-order valence-corrected chi connectivity index (χ4v) is 3.56. The van der Waals surface area contributed by atoms with Gasteiger partial charge in [0.05, 0.1) is 0 Å². The second-order valence-corrected chi connectivity index (χ2v) is 6.93. The summed E-state index contributed by atoms with van der Waals surface area (Å²) >= 11 is 0. The second-order valence-electron chi connectivity index (χ2n) is 6.93. The van der Waals surface area contributed by atoms with Crippen molar-refractivity contribution in [2.75, 3.05) is 0 Å². The van der Waals surface area contributed by atoms with E-state index in [2.05, 4.69) is 38.2 Å². The summed E-state index contributed by atoms with van der Waals surface area (Å²) in [4.78, 5) is 0. The first-order valence-corrected chi connectivity index (χ1v) is 9.63. The van der Waals surface area contributed by atoms with Crippen molar-refractivity contribution in [3.63, 3.8) is 0 Å². The number of rotatable bonds is 11. The first-order valence-electron chi connectivity index (χ1n) is 9.63. The van der Waals surface area contributed by atoms with E-state index < -0.39 is 0 Å². The third-order valence-electron chi connectivity index (χ3n) is 5.08. The SMILES string of the molecule is CC=CCCC1CCC(CCC=CCCCCCC)CC1. The molecule has 0 heterocycles. The van der Waals surface area contributed by atoms with Crippen LogP contribution in [0.15, 0.2) is 24.3 Å². The van der Waals surface area contributed by atoms with Crippen LogP contribution in [0, 0.1) is 11.8 Å². The van der Waals surface area contributed by atoms with Gasteiger partial charge in [0.2, 0.25) is 0 Å². The van der Waals surface area contributed by atoms with Gasteiger partial charge in [0.15, 0.2) is 0 Å². The molecule has 0 aromatic heterocycles. The Labute approximate surface area is 134 Å². The first kappa shape index (κ1) is 18.5. The Morgan fingerprint density at radius 3 is 1.86 bits per heavy atom. The van der Waals surface area contributed by atoms with Crippen LogP contribution in [-0.2, 0) is 0 Å². The number of hydrogen-bond donors (Lipinski definition) is 0. The molecule has 1 aliphatic carbocycles. The summed E-state index contributed by atoms with van der Waals surface area (Å²) in [6.07, 6.45) is 27.7. The molecule has 1 aliphatic rings. The van der Waals surface area contributed by atoms with E-state index in [-0.39, 0.29) is 0 Å². The zero-order valence-electron chi connectivity index (χ0n) is 14.7. The zero-order valence-corrected chi connectivity index (χ0v) is 14.7. The van der Waals surface area contributed by atoms with E-state index in [0.29, 0.717) is 0 Å². The van der Waals surface area contributed by atoms with Crippen LogP contribution in [0.5, 0.6) is 0 Å². The van der Waals surface area contributed by atoms with Gasteiger partial charge in [-0.15, -0.1) is 0 Å². The molecule has 0 heteroatoms. The highest BCUT2D eigenvalue weighted by Gasteiger charge is 2.19. The molecule has 0 N–H and O–H groups in total. The molecule has 0 aromatic rings. The number of allylic oxidation sites excluding steroid dienone is 4. The third-order valence-corrected chi connectivity index (χ3v) is 5.08. The smallest absolute Gasteiger partial charge is 0.0348 e. The fourth-order valence-electron chi connectivity index (χ4n) is 3.56. The van der Waals surface area contributed by atoms with E-state index in [0.717, 1.165) is 11.8 Å². The molecule has 1 rings (SSSR count). The van der Waals surface area contributed by atoms with E-state index in [1.807, 2.05) is 0 Å². The predicted octanol–water partition coefficient (Wildman–Crippen LogP) is 7.46. The van der Waals surface area contributed by atoms with E-state index in [4.69, 9.17) is 0 Å². The molecule has 21 heavy (non-hydrogen) atoms. The molecule has 0 nitrogen and oxygen atoms in total. The number of unbranched alkanes of at least 4 members (excludes halogenated alkanes) is 4. The summed E-state index contributed by atoms with van der Waals surface area (Å²) in [5.41, 5.74) is 0. The van der Waals surface area contributed by atoms with Gasteiger partial charge in [-0.05, 0) is 57.3 Å². The van der Waals surface area contributed by atoms with Gasteiger partial charge in [-0.3, -0.25) is 0 Å². The summed E-state index contributed by atoms with van der Waals surface area (Å²) in [5, 5.41) is 0. The summed E-state index contributed by atoms with van der Waals surface area (Å²) in [5.74, 6) is 2.04. The highest BCUT2D eigenvalue weighted by atomic mass is 14.2. The molecule has 0 bridgehead atoms. The average Bonchev–Trinajstić information content (AvgIpc) is 2.52. The van der Waals surface area contributed by atoms with Crippen LogP contribution >= 0.6 is 0 Å². The second kappa shape index (κ2) is 13.2. The van der Waals surface area contributed by atoms with E-state index in [1.54, 1.807) is 0 Å². The topological polar surface area (TPSA) is 0 Å². The van der Waals surface area contributed by atoms with Crippen molar-refractivity contribution in [2.45, 2.75) is 97.3 Å². The molecule has 1 saturated carbocycles. The monoisotopic (exact) mass is 290 g/mol. The van der Waals surface area contributed by atoms with Gasteiger partial charge < -0.3 is 0 Å². The zero-order chi connectivity index (χ0) is 15.2. The van der Waals surface area contributed by atoms with Gasteiger partial charge in [-0.2, -0.15) is 0 Å². The van der Waals surface area contributed by atoms with Gasteiger partial charge in [0, 0.05) is 0 Å². The Morgan fingerprint density at radius 1 is 0.714 bits per heavy atom. The predicted molar refractivity (Wildman–Crippen MR) is 96.6 cm³/mol. The summed E-state index contributed by atoms with van der Waals surface area (Å²) < 4.78 is 0. The number of hydrogen-bond acceptors (Lipinski definition) is 0. The minimum atomic E-state index is 1.02. The van der Waals surface area contributed by atoms with Crippen molar-refractivity contribution in [2.24, 2.45) is 11.8 Å². The average molecular weight is 291 g/mol. The molecular weight excluding hydrogens is 252 g/mol. The van der Waals surface area contributed by atoms with Gasteiger partial charge >= 0.3 is 0 Å². The van der Waals surface area contributed by atoms with Crippen molar-refractivity contribution in [3.05, 3.63) is 24.3 Å². The van der Waals surface area contributed by atoms with Crippen LogP contribution in [0.1, 0.15) is 97.3 Å². The Kier molecular flexibility index (Phi) is 11.6. The first-order chi connectivity index (χ1) is 10.4. The maximum absolute atomic E-state index is 2.45. The van der Waals surface area contributed by atoms with Gasteiger partial charge in [-0.25, -0.2) is 0 Å². The molecule has 0 amide bonds. The van der Waals surface area contributed by atoms with Crippen molar-refractivity contribution < 1.29 is 0 Å². The molecule has 0 saturated heterocycles. The van der Waals surface area contributed by atoms with Crippen LogP contribution in [0.2, 0.25) is 0 Å². The van der Waals surface area contributed by atoms with Gasteiger partial charge in [0.1, 0.15) is 0 Å². The Hall–Kier alpha value is -0.520. The minimum absolute atomic E-state index is 1.02. The maximum atomic E-state index is 2.45. The highest BCUT2D eigenvalue weighted by Crippen LogP contribution is 2.33. The van der Waals surface area contributed by atoms with E-state index >= 15 is 0 Å². The Bertz CT molecular complexity index is 266. The van der Waals surface area contributed by atoms with Crippen LogP contribution in [0.25, 0.3) is 0 Å². The van der Waals surface area contributed by atoms with Crippen LogP contribution in [0.4, 0.5) is 0 Å². The standard InChI is InChI=1S/C21H38/c1-3-5-7-8-9-10-11-13-15-21-18-16-20(17-19-21)14-12-6-4-2/h4,6,10-11,20-21H,3,5,7-9,12-19H2,1-2H3. The lowest BCUT2D eigenvalue weighted by molar-refractivity contribution is 0.255. The molecular formula is C21H38. The van der Waals surface area contributed by atoms with Crippen molar-refractivity contribution in [1.29, 1.82) is 0 Å². The molecule has 0 spiro atoms. The van der Waals surface area contributed by atoms with Crippen LogP contribution in [-0.4, -0.2) is 0 Å². The van der Waals surface area contributed by atoms with Crippen LogP contribution in [0.3, 0.4) is 0 Å². The lowest BCUT2D eigenvalue weighted by Gasteiger charge is -2.28. The fraction of sp³-hybridized carbons (Fsp3) is 0.810. The quantitative estimate of drug-likeness (QED) is 0.274. The third kappa shape index (κ3) is 9.93.